The Morgan fingerprint density at radius 3 is 2.42 bits per heavy atom. The number of hydrogen-bond donors (Lipinski definition) is 1. The zero-order chi connectivity index (χ0) is 22.7. The van der Waals surface area contributed by atoms with Crippen LogP contribution in [0.4, 0.5) is 0 Å². The van der Waals surface area contributed by atoms with Crippen molar-refractivity contribution >= 4 is 23.9 Å². The molecule has 2 saturated heterocycles. The highest BCUT2D eigenvalue weighted by Crippen LogP contribution is 2.60. The maximum Gasteiger partial charge on any atom is 0.317 e. The van der Waals surface area contributed by atoms with Gasteiger partial charge in [-0.25, -0.2) is 0 Å². The monoisotopic (exact) mass is 436 g/mol. The number of carbonyl (C=O) groups excluding carboxylic acids is 3. The topological polar surface area (TPSA) is 116 Å². The second-order valence-electron chi connectivity index (χ2n) is 11.1. The molecule has 8 heteroatoms. The molecule has 4 fully saturated rings. The quantitative estimate of drug-likeness (QED) is 0.477. The van der Waals surface area contributed by atoms with E-state index in [0.29, 0.717) is 19.6 Å². The summed E-state index contributed by atoms with van der Waals surface area (Å²) in [5, 5.41) is 9.62. The van der Waals surface area contributed by atoms with Crippen LogP contribution in [0.2, 0.25) is 0 Å². The first-order valence-corrected chi connectivity index (χ1v) is 11.2. The van der Waals surface area contributed by atoms with Crippen molar-refractivity contribution in [1.82, 2.24) is 0 Å². The van der Waals surface area contributed by atoms with Gasteiger partial charge >= 0.3 is 23.9 Å². The third-order valence-electron chi connectivity index (χ3n) is 8.17. The molecule has 0 aromatic rings. The Labute approximate surface area is 182 Å². The number of ether oxygens (including phenoxy) is 3. The third-order valence-corrected chi connectivity index (χ3v) is 8.17. The molecule has 2 heterocycles. The van der Waals surface area contributed by atoms with Crippen molar-refractivity contribution in [2.45, 2.75) is 47.0 Å². The fraction of sp³-hybridized carbons (Fsp3) is 0.826. The summed E-state index contributed by atoms with van der Waals surface area (Å²) in [4.78, 5) is 49.9. The minimum absolute atomic E-state index is 0.132. The zero-order valence-electron chi connectivity index (χ0n) is 18.6. The fourth-order valence-electron chi connectivity index (χ4n) is 6.34. The SMILES string of the molecule is CC1C2CC(C(=O)O)C(C2)C1C1C(=O)OC(=O)C1CC(C)(C)C(=O)OCC1(C)COC1. The van der Waals surface area contributed by atoms with E-state index in [9.17, 15) is 24.3 Å². The predicted octanol–water partition coefficient (Wildman–Crippen LogP) is 2.29. The number of fused-ring (bicyclic) bond motifs is 2. The largest absolute Gasteiger partial charge is 0.481 e. The van der Waals surface area contributed by atoms with E-state index in [1.165, 1.54) is 0 Å². The van der Waals surface area contributed by atoms with Crippen LogP contribution in [0.5, 0.6) is 0 Å². The highest BCUT2D eigenvalue weighted by atomic mass is 16.6. The Kier molecular flexibility index (Phi) is 5.43. The molecule has 4 aliphatic rings. The molecule has 0 radical (unpaired) electrons. The number of aliphatic carboxylic acids is 1. The van der Waals surface area contributed by atoms with Crippen LogP contribution in [-0.2, 0) is 33.4 Å². The maximum absolute atomic E-state index is 12.8. The molecule has 7 atom stereocenters. The lowest BCUT2D eigenvalue weighted by Crippen LogP contribution is -2.45. The summed E-state index contributed by atoms with van der Waals surface area (Å²) >= 11 is 0. The highest BCUT2D eigenvalue weighted by Gasteiger charge is 2.61. The van der Waals surface area contributed by atoms with Gasteiger partial charge in [0.15, 0.2) is 0 Å². The fourth-order valence-corrected chi connectivity index (χ4v) is 6.34. The standard InChI is InChI=1S/C23H32O8/c1-11-12-5-13(14(6-12)18(24)25)16(11)17-15(19(26)31-20(17)27)7-22(2,3)21(28)30-10-23(4)8-29-9-23/h11-17H,5-10H2,1-4H3,(H,24,25). The molecule has 7 unspecified atom stereocenters. The van der Waals surface area contributed by atoms with Crippen molar-refractivity contribution in [2.75, 3.05) is 19.8 Å². The summed E-state index contributed by atoms with van der Waals surface area (Å²) in [7, 11) is 0. The van der Waals surface area contributed by atoms with E-state index in [2.05, 4.69) is 0 Å². The van der Waals surface area contributed by atoms with Crippen molar-refractivity contribution in [1.29, 1.82) is 0 Å². The number of carbonyl (C=O) groups is 4. The second kappa shape index (κ2) is 7.57. The molecule has 2 saturated carbocycles. The maximum atomic E-state index is 12.8. The van der Waals surface area contributed by atoms with E-state index in [4.69, 9.17) is 14.2 Å². The van der Waals surface area contributed by atoms with E-state index < -0.39 is 47.0 Å². The molecule has 0 aromatic heterocycles. The van der Waals surface area contributed by atoms with E-state index in [0.717, 1.165) is 6.42 Å². The van der Waals surface area contributed by atoms with E-state index in [1.54, 1.807) is 13.8 Å². The first-order valence-electron chi connectivity index (χ1n) is 11.2. The number of carboxylic acids is 1. The van der Waals surface area contributed by atoms with Gasteiger partial charge in [0.05, 0.1) is 36.4 Å². The lowest BCUT2D eigenvalue weighted by molar-refractivity contribution is -0.174. The van der Waals surface area contributed by atoms with Gasteiger partial charge in [-0.3, -0.25) is 19.2 Å². The molecule has 2 bridgehead atoms. The van der Waals surface area contributed by atoms with Gasteiger partial charge in [0.2, 0.25) is 0 Å². The number of esters is 3. The van der Waals surface area contributed by atoms with Crippen LogP contribution < -0.4 is 0 Å². The van der Waals surface area contributed by atoms with Gasteiger partial charge in [-0.2, -0.15) is 0 Å². The summed E-state index contributed by atoms with van der Waals surface area (Å²) in [6, 6.07) is 0. The second-order valence-corrected chi connectivity index (χ2v) is 11.1. The van der Waals surface area contributed by atoms with Crippen molar-refractivity contribution in [3.8, 4) is 0 Å². The smallest absolute Gasteiger partial charge is 0.317 e. The summed E-state index contributed by atoms with van der Waals surface area (Å²) in [6.45, 7) is 8.78. The van der Waals surface area contributed by atoms with Gasteiger partial charge in [0, 0.05) is 5.41 Å². The lowest BCUT2D eigenvalue weighted by Gasteiger charge is -2.39. The lowest BCUT2D eigenvalue weighted by atomic mass is 9.64. The molecule has 8 nitrogen and oxygen atoms in total. The van der Waals surface area contributed by atoms with Crippen molar-refractivity contribution in [3.63, 3.8) is 0 Å². The molecular formula is C23H32O8. The van der Waals surface area contributed by atoms with Gasteiger partial charge in [0.25, 0.3) is 0 Å². The number of hydrogen-bond acceptors (Lipinski definition) is 7. The van der Waals surface area contributed by atoms with E-state index >= 15 is 0 Å². The molecule has 0 amide bonds. The van der Waals surface area contributed by atoms with E-state index in [1.807, 2.05) is 13.8 Å². The van der Waals surface area contributed by atoms with Crippen molar-refractivity contribution < 1.29 is 38.5 Å². The van der Waals surface area contributed by atoms with Crippen LogP contribution in [0.25, 0.3) is 0 Å². The summed E-state index contributed by atoms with van der Waals surface area (Å²) in [5.74, 6) is -4.39. The molecule has 31 heavy (non-hydrogen) atoms. The average molecular weight is 437 g/mol. The summed E-state index contributed by atoms with van der Waals surface area (Å²) < 4.78 is 15.7. The number of carboxylic acid groups (broad SMARTS) is 1. The average Bonchev–Trinajstić information content (AvgIpc) is 3.30. The normalized spacial score (nSPS) is 38.6. The minimum atomic E-state index is -0.986. The van der Waals surface area contributed by atoms with Gasteiger partial charge in [0.1, 0.15) is 6.61 Å². The van der Waals surface area contributed by atoms with Crippen LogP contribution in [0.15, 0.2) is 0 Å². The minimum Gasteiger partial charge on any atom is -0.481 e. The Balaban J connectivity index is 1.50. The van der Waals surface area contributed by atoms with Gasteiger partial charge in [-0.15, -0.1) is 0 Å². The first-order chi connectivity index (χ1) is 14.4. The van der Waals surface area contributed by atoms with Gasteiger partial charge in [-0.05, 0) is 56.8 Å². The number of cyclic esters (lactones) is 2. The molecule has 4 rings (SSSR count). The predicted molar refractivity (Wildman–Crippen MR) is 106 cm³/mol. The molecule has 1 N–H and O–H groups in total. The van der Waals surface area contributed by atoms with Gasteiger partial charge < -0.3 is 19.3 Å². The zero-order valence-corrected chi connectivity index (χ0v) is 18.6. The van der Waals surface area contributed by atoms with Crippen molar-refractivity contribution in [3.05, 3.63) is 0 Å². The van der Waals surface area contributed by atoms with Crippen LogP contribution in [0.3, 0.4) is 0 Å². The van der Waals surface area contributed by atoms with Crippen LogP contribution in [0, 0.1) is 52.3 Å². The highest BCUT2D eigenvalue weighted by molar-refractivity contribution is 5.97. The Bertz CT molecular complexity index is 797. The molecule has 0 spiro atoms. The Morgan fingerprint density at radius 1 is 1.19 bits per heavy atom. The number of rotatable bonds is 7. The van der Waals surface area contributed by atoms with Crippen LogP contribution in [0.1, 0.15) is 47.0 Å². The Hall–Kier alpha value is -1.96. The van der Waals surface area contributed by atoms with Crippen LogP contribution in [-0.4, -0.2) is 48.8 Å². The van der Waals surface area contributed by atoms with Crippen molar-refractivity contribution in [2.24, 2.45) is 52.3 Å². The summed E-state index contributed by atoms with van der Waals surface area (Å²) in [6.07, 6.45) is 1.52. The van der Waals surface area contributed by atoms with Gasteiger partial charge in [-0.1, -0.05) is 13.8 Å². The summed E-state index contributed by atoms with van der Waals surface area (Å²) in [5.41, 5.74) is -1.17. The Morgan fingerprint density at radius 2 is 1.87 bits per heavy atom. The molecule has 172 valence electrons. The molecule has 0 aromatic carbocycles. The third kappa shape index (κ3) is 3.77. The first kappa shape index (κ1) is 22.2. The molecule has 2 aliphatic heterocycles. The molecule has 2 aliphatic carbocycles. The molecular weight excluding hydrogens is 404 g/mol. The van der Waals surface area contributed by atoms with Crippen LogP contribution >= 0.6 is 0 Å². The van der Waals surface area contributed by atoms with E-state index in [-0.39, 0.29) is 42.1 Å².